The van der Waals surface area contributed by atoms with Crippen molar-refractivity contribution < 1.29 is 0 Å². The lowest BCUT2D eigenvalue weighted by atomic mass is 10.4. The Bertz CT molecular complexity index is 342. The van der Waals surface area contributed by atoms with Crippen LogP contribution in [-0.4, -0.2) is 29.1 Å². The number of nitrogens with one attached hydrogen (secondary N) is 2. The Hall–Kier alpha value is -1.16. The van der Waals surface area contributed by atoms with Crippen LogP contribution >= 0.6 is 0 Å². The average molecular weight is 190 g/mol. The summed E-state index contributed by atoms with van der Waals surface area (Å²) >= 11 is 0. The summed E-state index contributed by atoms with van der Waals surface area (Å²) in [6.45, 7) is 4.24. The molecule has 2 heterocycles. The van der Waals surface area contributed by atoms with Gasteiger partial charge in [0.1, 0.15) is 11.6 Å². The van der Waals surface area contributed by atoms with E-state index in [-0.39, 0.29) is 0 Å². The Morgan fingerprint density at radius 3 is 2.93 bits per heavy atom. The molecule has 2 aliphatic rings. The fraction of sp³-hybridized carbons (Fsp3) is 0.600. The van der Waals surface area contributed by atoms with Crippen LogP contribution < -0.4 is 10.6 Å². The Balaban J connectivity index is 1.68. The van der Waals surface area contributed by atoms with Gasteiger partial charge in [0, 0.05) is 25.3 Å². The predicted octanol–water partition coefficient (Wildman–Crippen LogP) is 0.415. The lowest BCUT2D eigenvalue weighted by molar-refractivity contribution is 0.695. The van der Waals surface area contributed by atoms with Gasteiger partial charge in [0.2, 0.25) is 0 Å². The summed E-state index contributed by atoms with van der Waals surface area (Å²) in [5, 5.41) is 6.84. The lowest BCUT2D eigenvalue weighted by Gasteiger charge is -2.07. The van der Waals surface area contributed by atoms with Gasteiger partial charge in [0.25, 0.3) is 0 Å². The normalized spacial score (nSPS) is 33.9. The molecule has 4 nitrogen and oxygen atoms in total. The molecule has 2 N–H and O–H groups in total. The first kappa shape index (κ1) is 8.17. The summed E-state index contributed by atoms with van der Waals surface area (Å²) in [6.07, 6.45) is 1.81. The number of hydrogen-bond acceptors (Lipinski definition) is 4. The topological polar surface area (TPSA) is 49.8 Å². The zero-order valence-corrected chi connectivity index (χ0v) is 8.20. The van der Waals surface area contributed by atoms with E-state index in [1.807, 2.05) is 13.0 Å². The van der Waals surface area contributed by atoms with Crippen LogP contribution in [0.3, 0.4) is 0 Å². The molecule has 2 unspecified atom stereocenters. The quantitative estimate of drug-likeness (QED) is 0.709. The number of anilines is 1. The molecule has 2 fully saturated rings. The first-order valence-electron chi connectivity index (χ1n) is 5.11. The molecular weight excluding hydrogens is 176 g/mol. The predicted molar refractivity (Wildman–Crippen MR) is 54.0 cm³/mol. The molecule has 74 valence electrons. The zero-order chi connectivity index (χ0) is 9.54. The number of piperidine rings is 1. The maximum atomic E-state index is 4.34. The highest BCUT2D eigenvalue weighted by Gasteiger charge is 2.53. The Morgan fingerprint density at radius 2 is 2.21 bits per heavy atom. The molecule has 1 aromatic heterocycles. The van der Waals surface area contributed by atoms with Crippen molar-refractivity contribution in [1.82, 2.24) is 15.3 Å². The molecule has 4 heteroatoms. The zero-order valence-electron chi connectivity index (χ0n) is 8.20. The highest BCUT2D eigenvalue weighted by atomic mass is 15.1. The van der Waals surface area contributed by atoms with Crippen molar-refractivity contribution in [3.63, 3.8) is 0 Å². The van der Waals surface area contributed by atoms with E-state index in [2.05, 4.69) is 20.6 Å². The van der Waals surface area contributed by atoms with Gasteiger partial charge in [0.15, 0.2) is 0 Å². The van der Waals surface area contributed by atoms with Gasteiger partial charge in [0.05, 0.1) is 0 Å². The van der Waals surface area contributed by atoms with E-state index in [1.165, 1.54) is 0 Å². The van der Waals surface area contributed by atoms with Gasteiger partial charge in [-0.3, -0.25) is 0 Å². The highest BCUT2D eigenvalue weighted by molar-refractivity contribution is 5.38. The van der Waals surface area contributed by atoms with Crippen molar-refractivity contribution in [3.05, 3.63) is 18.1 Å². The van der Waals surface area contributed by atoms with Crippen LogP contribution in [0.4, 0.5) is 5.82 Å². The van der Waals surface area contributed by atoms with Crippen LogP contribution in [0.2, 0.25) is 0 Å². The van der Waals surface area contributed by atoms with Gasteiger partial charge in [-0.25, -0.2) is 9.97 Å². The molecule has 0 bridgehead atoms. The standard InChI is InChI=1S/C10H14N4/c1-6-12-3-2-9(13-6)14-10-7-4-11-5-8(7)10/h2-3,7-8,10-11H,4-5H2,1H3,(H,12,13,14). The van der Waals surface area contributed by atoms with Gasteiger partial charge in [-0.05, 0) is 24.8 Å². The number of hydrogen-bond donors (Lipinski definition) is 2. The molecule has 1 saturated carbocycles. The number of aryl methyl sites for hydroxylation is 1. The molecular formula is C10H14N4. The van der Waals surface area contributed by atoms with E-state index in [9.17, 15) is 0 Å². The van der Waals surface area contributed by atoms with Crippen molar-refractivity contribution in [3.8, 4) is 0 Å². The van der Waals surface area contributed by atoms with Gasteiger partial charge < -0.3 is 10.6 Å². The van der Waals surface area contributed by atoms with Gasteiger partial charge >= 0.3 is 0 Å². The summed E-state index contributed by atoms with van der Waals surface area (Å²) < 4.78 is 0. The van der Waals surface area contributed by atoms with E-state index in [0.717, 1.165) is 36.6 Å². The second-order valence-corrected chi connectivity index (χ2v) is 4.15. The van der Waals surface area contributed by atoms with Gasteiger partial charge in [-0.2, -0.15) is 0 Å². The fourth-order valence-electron chi connectivity index (χ4n) is 2.34. The minimum atomic E-state index is 0.644. The maximum Gasteiger partial charge on any atom is 0.129 e. The summed E-state index contributed by atoms with van der Waals surface area (Å²) in [6, 6.07) is 2.58. The molecule has 1 aliphatic carbocycles. The van der Waals surface area contributed by atoms with E-state index in [1.54, 1.807) is 6.20 Å². The summed E-state index contributed by atoms with van der Waals surface area (Å²) in [5.74, 6) is 3.45. The second kappa shape index (κ2) is 2.92. The van der Waals surface area contributed by atoms with Crippen molar-refractivity contribution in [2.75, 3.05) is 18.4 Å². The van der Waals surface area contributed by atoms with E-state index < -0.39 is 0 Å². The van der Waals surface area contributed by atoms with Crippen LogP contribution in [0.25, 0.3) is 0 Å². The van der Waals surface area contributed by atoms with Crippen molar-refractivity contribution in [1.29, 1.82) is 0 Å². The number of aromatic nitrogens is 2. The van der Waals surface area contributed by atoms with Crippen molar-refractivity contribution >= 4 is 5.82 Å². The van der Waals surface area contributed by atoms with E-state index in [0.29, 0.717) is 6.04 Å². The number of nitrogens with zero attached hydrogens (tertiary/aromatic N) is 2. The third-order valence-electron chi connectivity index (χ3n) is 3.18. The van der Waals surface area contributed by atoms with Crippen LogP contribution in [0, 0.1) is 18.8 Å². The van der Waals surface area contributed by atoms with E-state index in [4.69, 9.17) is 0 Å². The van der Waals surface area contributed by atoms with Gasteiger partial charge in [-0.15, -0.1) is 0 Å². The van der Waals surface area contributed by atoms with Crippen LogP contribution in [0.15, 0.2) is 12.3 Å². The SMILES string of the molecule is Cc1nccc(NC2C3CNCC32)n1. The molecule has 14 heavy (non-hydrogen) atoms. The minimum absolute atomic E-state index is 0.644. The molecule has 0 amide bonds. The third kappa shape index (κ3) is 1.26. The third-order valence-corrected chi connectivity index (χ3v) is 3.18. The number of rotatable bonds is 2. The second-order valence-electron chi connectivity index (χ2n) is 4.15. The average Bonchev–Trinajstić information content (AvgIpc) is 2.62. The monoisotopic (exact) mass is 190 g/mol. The fourth-order valence-corrected chi connectivity index (χ4v) is 2.34. The van der Waals surface area contributed by atoms with E-state index >= 15 is 0 Å². The smallest absolute Gasteiger partial charge is 0.129 e. The Morgan fingerprint density at radius 1 is 1.43 bits per heavy atom. The highest BCUT2D eigenvalue weighted by Crippen LogP contribution is 2.43. The first-order chi connectivity index (χ1) is 6.84. The molecule has 1 aromatic rings. The van der Waals surface area contributed by atoms with Gasteiger partial charge in [-0.1, -0.05) is 0 Å². The molecule has 3 rings (SSSR count). The Labute approximate surface area is 83.1 Å². The molecule has 0 radical (unpaired) electrons. The summed E-state index contributed by atoms with van der Waals surface area (Å²) in [5.41, 5.74) is 0. The molecule has 0 spiro atoms. The summed E-state index contributed by atoms with van der Waals surface area (Å²) in [7, 11) is 0. The van der Waals surface area contributed by atoms with Crippen LogP contribution in [0.1, 0.15) is 5.82 Å². The lowest BCUT2D eigenvalue weighted by Crippen LogP contribution is -2.21. The first-order valence-corrected chi connectivity index (χ1v) is 5.11. The molecule has 1 saturated heterocycles. The van der Waals surface area contributed by atoms with Crippen LogP contribution in [-0.2, 0) is 0 Å². The Kier molecular flexibility index (Phi) is 1.70. The summed E-state index contributed by atoms with van der Waals surface area (Å²) in [4.78, 5) is 8.41. The largest absolute Gasteiger partial charge is 0.367 e. The van der Waals surface area contributed by atoms with Crippen LogP contribution in [0.5, 0.6) is 0 Å². The molecule has 2 atom stereocenters. The molecule has 1 aliphatic heterocycles. The van der Waals surface area contributed by atoms with Crippen molar-refractivity contribution in [2.45, 2.75) is 13.0 Å². The van der Waals surface area contributed by atoms with Crippen molar-refractivity contribution in [2.24, 2.45) is 11.8 Å². The maximum absolute atomic E-state index is 4.34. The minimum Gasteiger partial charge on any atom is -0.367 e. The number of fused-ring (bicyclic) bond motifs is 1. The molecule has 0 aromatic carbocycles.